The SMILES string of the molecule is BrCc1c(Br)c(Br)nc2ccccc12. The van der Waals surface area contributed by atoms with E-state index in [1.807, 2.05) is 18.2 Å². The highest BCUT2D eigenvalue weighted by molar-refractivity contribution is 9.13. The topological polar surface area (TPSA) is 12.9 Å². The summed E-state index contributed by atoms with van der Waals surface area (Å²) in [4.78, 5) is 4.43. The molecule has 0 spiro atoms. The van der Waals surface area contributed by atoms with Crippen LogP contribution in [0.4, 0.5) is 0 Å². The lowest BCUT2D eigenvalue weighted by atomic mass is 10.1. The fraction of sp³-hybridized carbons (Fsp3) is 0.100. The number of benzene rings is 1. The van der Waals surface area contributed by atoms with Gasteiger partial charge in [0, 0.05) is 10.7 Å². The molecule has 0 radical (unpaired) electrons. The van der Waals surface area contributed by atoms with Crippen molar-refractivity contribution < 1.29 is 0 Å². The van der Waals surface area contributed by atoms with Crippen molar-refractivity contribution in [2.24, 2.45) is 0 Å². The van der Waals surface area contributed by atoms with Gasteiger partial charge in [0.15, 0.2) is 0 Å². The smallest absolute Gasteiger partial charge is 0.121 e. The lowest BCUT2D eigenvalue weighted by Crippen LogP contribution is -1.89. The number of para-hydroxylation sites is 1. The van der Waals surface area contributed by atoms with Crippen LogP contribution in [-0.2, 0) is 5.33 Å². The summed E-state index contributed by atoms with van der Waals surface area (Å²) in [6.07, 6.45) is 0. The van der Waals surface area contributed by atoms with Gasteiger partial charge in [-0.15, -0.1) is 0 Å². The normalized spacial score (nSPS) is 10.8. The maximum absolute atomic E-state index is 4.43. The monoisotopic (exact) mass is 377 g/mol. The van der Waals surface area contributed by atoms with E-state index in [0.29, 0.717) is 0 Å². The summed E-state index contributed by atoms with van der Waals surface area (Å²) in [5.41, 5.74) is 2.24. The second-order valence-electron chi connectivity index (χ2n) is 2.85. The molecule has 1 aromatic carbocycles. The molecule has 0 atom stereocenters. The van der Waals surface area contributed by atoms with Crippen molar-refractivity contribution >= 4 is 58.7 Å². The van der Waals surface area contributed by atoms with Crippen LogP contribution in [0.15, 0.2) is 33.3 Å². The summed E-state index contributed by atoms with van der Waals surface area (Å²) in [5.74, 6) is 0. The minimum Gasteiger partial charge on any atom is -0.240 e. The molecule has 1 aromatic heterocycles. The Hall–Kier alpha value is 0.0700. The maximum Gasteiger partial charge on any atom is 0.121 e. The van der Waals surface area contributed by atoms with Crippen LogP contribution in [0.5, 0.6) is 0 Å². The molecule has 0 amide bonds. The van der Waals surface area contributed by atoms with Gasteiger partial charge in [-0.3, -0.25) is 0 Å². The lowest BCUT2D eigenvalue weighted by Gasteiger charge is -2.07. The third-order valence-corrected chi connectivity index (χ3v) is 4.55. The van der Waals surface area contributed by atoms with Crippen LogP contribution in [0, 0.1) is 0 Å². The standard InChI is InChI=1S/C10H6Br3N/c11-5-7-6-3-1-2-4-8(6)14-10(13)9(7)12/h1-4H,5H2. The molecule has 14 heavy (non-hydrogen) atoms. The molecule has 0 bridgehead atoms. The summed E-state index contributed by atoms with van der Waals surface area (Å²) in [7, 11) is 0. The molecule has 0 N–H and O–H groups in total. The number of aromatic nitrogens is 1. The summed E-state index contributed by atoms with van der Waals surface area (Å²) < 4.78 is 1.87. The van der Waals surface area contributed by atoms with Crippen molar-refractivity contribution in [1.82, 2.24) is 4.98 Å². The second-order valence-corrected chi connectivity index (χ2v) is 4.95. The molecule has 0 fully saturated rings. The van der Waals surface area contributed by atoms with Crippen LogP contribution in [0.25, 0.3) is 10.9 Å². The highest BCUT2D eigenvalue weighted by atomic mass is 79.9. The van der Waals surface area contributed by atoms with Gasteiger partial charge < -0.3 is 0 Å². The van der Waals surface area contributed by atoms with Crippen LogP contribution in [-0.4, -0.2) is 4.98 Å². The first-order chi connectivity index (χ1) is 6.74. The predicted octanol–water partition coefficient (Wildman–Crippen LogP) is 4.65. The first-order valence-corrected chi connectivity index (χ1v) is 6.73. The molecule has 72 valence electrons. The van der Waals surface area contributed by atoms with Crippen LogP contribution in [0.2, 0.25) is 0 Å². The molecule has 1 heterocycles. The Labute approximate surface area is 107 Å². The third-order valence-electron chi connectivity index (χ3n) is 2.03. The largest absolute Gasteiger partial charge is 0.240 e. The van der Waals surface area contributed by atoms with Crippen molar-refractivity contribution in [3.63, 3.8) is 0 Å². The molecule has 0 saturated heterocycles. The van der Waals surface area contributed by atoms with E-state index in [1.54, 1.807) is 0 Å². The summed E-state index contributed by atoms with van der Waals surface area (Å²) >= 11 is 10.4. The average molecular weight is 380 g/mol. The minimum absolute atomic E-state index is 0.815. The summed E-state index contributed by atoms with van der Waals surface area (Å²) in [6.45, 7) is 0. The van der Waals surface area contributed by atoms with Gasteiger partial charge >= 0.3 is 0 Å². The lowest BCUT2D eigenvalue weighted by molar-refractivity contribution is 1.28. The zero-order valence-electron chi connectivity index (χ0n) is 7.10. The number of halogens is 3. The fourth-order valence-corrected chi connectivity index (χ4v) is 3.19. The van der Waals surface area contributed by atoms with E-state index in [9.17, 15) is 0 Å². The van der Waals surface area contributed by atoms with E-state index >= 15 is 0 Å². The Kier molecular flexibility index (Phi) is 3.24. The minimum atomic E-state index is 0.815. The molecule has 1 nitrogen and oxygen atoms in total. The zero-order chi connectivity index (χ0) is 10.1. The van der Waals surface area contributed by atoms with E-state index in [0.717, 1.165) is 19.9 Å². The highest BCUT2D eigenvalue weighted by Crippen LogP contribution is 2.32. The molecule has 0 saturated carbocycles. The zero-order valence-corrected chi connectivity index (χ0v) is 11.9. The van der Waals surface area contributed by atoms with E-state index in [-0.39, 0.29) is 0 Å². The van der Waals surface area contributed by atoms with Crippen LogP contribution >= 0.6 is 47.8 Å². The van der Waals surface area contributed by atoms with Crippen LogP contribution < -0.4 is 0 Å². The molecule has 4 heteroatoms. The molecule has 0 aliphatic carbocycles. The van der Waals surface area contributed by atoms with E-state index in [2.05, 4.69) is 58.8 Å². The Balaban J connectivity index is 2.89. The van der Waals surface area contributed by atoms with Crippen molar-refractivity contribution in [3.05, 3.63) is 38.9 Å². The molecule has 2 aromatic rings. The molecular weight excluding hydrogens is 374 g/mol. The molecular formula is C10H6Br3N. The van der Waals surface area contributed by atoms with Gasteiger partial charge in [-0.05, 0) is 43.5 Å². The van der Waals surface area contributed by atoms with Gasteiger partial charge in [0.05, 0.1) is 9.99 Å². The second kappa shape index (κ2) is 4.29. The van der Waals surface area contributed by atoms with Crippen molar-refractivity contribution in [2.45, 2.75) is 5.33 Å². The number of alkyl halides is 1. The van der Waals surface area contributed by atoms with E-state index < -0.39 is 0 Å². The Morgan fingerprint density at radius 1 is 1.14 bits per heavy atom. The Morgan fingerprint density at radius 3 is 2.57 bits per heavy atom. The quantitative estimate of drug-likeness (QED) is 0.519. The van der Waals surface area contributed by atoms with Gasteiger partial charge in [-0.25, -0.2) is 4.98 Å². The number of pyridine rings is 1. The molecule has 0 unspecified atom stereocenters. The van der Waals surface area contributed by atoms with Gasteiger partial charge in [-0.1, -0.05) is 34.1 Å². The van der Waals surface area contributed by atoms with Gasteiger partial charge in [-0.2, -0.15) is 0 Å². The number of nitrogens with zero attached hydrogens (tertiary/aromatic N) is 1. The van der Waals surface area contributed by atoms with Crippen molar-refractivity contribution in [1.29, 1.82) is 0 Å². The maximum atomic E-state index is 4.43. The Bertz CT molecular complexity index is 482. The molecule has 2 rings (SSSR count). The number of hydrogen-bond acceptors (Lipinski definition) is 1. The van der Waals surface area contributed by atoms with E-state index in [4.69, 9.17) is 0 Å². The molecule has 0 aliphatic heterocycles. The first kappa shape index (κ1) is 10.6. The van der Waals surface area contributed by atoms with Crippen LogP contribution in [0.3, 0.4) is 0 Å². The first-order valence-electron chi connectivity index (χ1n) is 4.02. The summed E-state index contributed by atoms with van der Waals surface area (Å²) in [6, 6.07) is 8.11. The highest BCUT2D eigenvalue weighted by Gasteiger charge is 2.09. The van der Waals surface area contributed by atoms with Crippen LogP contribution in [0.1, 0.15) is 5.56 Å². The summed E-state index contributed by atoms with van der Waals surface area (Å²) in [5, 5.41) is 1.99. The van der Waals surface area contributed by atoms with Gasteiger partial charge in [0.25, 0.3) is 0 Å². The number of rotatable bonds is 1. The third kappa shape index (κ3) is 1.75. The number of hydrogen-bond donors (Lipinski definition) is 0. The Morgan fingerprint density at radius 2 is 1.86 bits per heavy atom. The number of fused-ring (bicyclic) bond motifs is 1. The average Bonchev–Trinajstić information content (AvgIpc) is 2.20. The van der Waals surface area contributed by atoms with Crippen molar-refractivity contribution in [2.75, 3.05) is 0 Å². The predicted molar refractivity (Wildman–Crippen MR) is 69.8 cm³/mol. The van der Waals surface area contributed by atoms with Crippen molar-refractivity contribution in [3.8, 4) is 0 Å². The van der Waals surface area contributed by atoms with E-state index in [1.165, 1.54) is 10.9 Å². The van der Waals surface area contributed by atoms with Gasteiger partial charge in [0.1, 0.15) is 4.60 Å². The molecule has 0 aliphatic rings. The fourth-order valence-electron chi connectivity index (χ4n) is 1.35. The van der Waals surface area contributed by atoms with Gasteiger partial charge in [0.2, 0.25) is 0 Å².